The van der Waals surface area contributed by atoms with Crippen LogP contribution in [0.3, 0.4) is 0 Å². The van der Waals surface area contributed by atoms with Crippen LogP contribution in [0.15, 0.2) is 36.4 Å². The number of aryl methyl sites for hydroxylation is 9. The normalized spacial score (nSPS) is 11.5. The molecule has 182 valence electrons. The predicted molar refractivity (Wildman–Crippen MR) is 147 cm³/mol. The van der Waals surface area contributed by atoms with Gasteiger partial charge in [-0.15, -0.1) is 0 Å². The van der Waals surface area contributed by atoms with Crippen LogP contribution in [0.25, 0.3) is 0 Å². The SMILES string of the molecule is Cc1cc(C)c([C](=O)[Ge]([CH3])([C](=O)c2c(C)cc(C)cc2C)[C](=O)c2c(C)cc(C)cc2C)c(C)c1. The summed E-state index contributed by atoms with van der Waals surface area (Å²) in [4.78, 5) is 43.4. The summed E-state index contributed by atoms with van der Waals surface area (Å²) in [5.74, 6) is 1.71. The van der Waals surface area contributed by atoms with E-state index in [4.69, 9.17) is 0 Å². The van der Waals surface area contributed by atoms with Gasteiger partial charge < -0.3 is 0 Å². The molecule has 4 heteroatoms. The third-order valence-corrected chi connectivity index (χ3v) is 14.4. The summed E-state index contributed by atoms with van der Waals surface area (Å²) in [6.45, 7) is 17.4. The van der Waals surface area contributed by atoms with E-state index >= 15 is 0 Å². The van der Waals surface area contributed by atoms with Gasteiger partial charge in [0.05, 0.1) is 0 Å². The Morgan fingerprint density at radius 3 is 0.771 bits per heavy atom. The Morgan fingerprint density at radius 1 is 0.429 bits per heavy atom. The van der Waals surface area contributed by atoms with Gasteiger partial charge in [0.25, 0.3) is 0 Å². The second-order valence-corrected chi connectivity index (χ2v) is 18.0. The first-order valence-electron chi connectivity index (χ1n) is 12.1. The minimum atomic E-state index is -4.65. The number of benzene rings is 3. The van der Waals surface area contributed by atoms with E-state index in [2.05, 4.69) is 0 Å². The quantitative estimate of drug-likeness (QED) is 0.320. The number of rotatable bonds is 6. The molecule has 0 bridgehead atoms. The molecule has 0 saturated carbocycles. The van der Waals surface area contributed by atoms with E-state index in [1.165, 1.54) is 0 Å². The van der Waals surface area contributed by atoms with Crippen molar-refractivity contribution in [1.82, 2.24) is 0 Å². The van der Waals surface area contributed by atoms with Crippen molar-refractivity contribution < 1.29 is 14.4 Å². The fourth-order valence-electron chi connectivity index (χ4n) is 5.67. The molecule has 0 unspecified atom stereocenters. The number of carbonyl (C=O) groups excluding carboxylic acids is 3. The van der Waals surface area contributed by atoms with Gasteiger partial charge in [0.1, 0.15) is 0 Å². The molecule has 0 heterocycles. The van der Waals surface area contributed by atoms with Gasteiger partial charge >= 0.3 is 213 Å². The van der Waals surface area contributed by atoms with Gasteiger partial charge in [-0.2, -0.15) is 0 Å². The summed E-state index contributed by atoms with van der Waals surface area (Å²) in [5, 5.41) is 0. The predicted octanol–water partition coefficient (Wildman–Crippen LogP) is 7.11. The molecule has 0 aliphatic carbocycles. The molecule has 35 heavy (non-hydrogen) atoms. The first-order valence-corrected chi connectivity index (χ1v) is 17.3. The Labute approximate surface area is 212 Å². The first kappa shape index (κ1) is 26.8. The zero-order valence-electron chi connectivity index (χ0n) is 22.7. The van der Waals surface area contributed by atoms with Crippen LogP contribution >= 0.6 is 0 Å². The zero-order valence-corrected chi connectivity index (χ0v) is 24.8. The monoisotopic (exact) mass is 530 g/mol. The molecule has 0 saturated heterocycles. The molecule has 0 aliphatic rings. The van der Waals surface area contributed by atoms with Gasteiger partial charge in [-0.05, 0) is 0 Å². The molecule has 3 aromatic rings. The van der Waals surface area contributed by atoms with E-state index in [1.807, 2.05) is 98.7 Å². The van der Waals surface area contributed by atoms with Gasteiger partial charge in [-0.1, -0.05) is 0 Å². The van der Waals surface area contributed by atoms with Crippen LogP contribution in [0.1, 0.15) is 81.1 Å². The van der Waals surface area contributed by atoms with Crippen molar-refractivity contribution in [1.29, 1.82) is 0 Å². The molecule has 3 nitrogen and oxygen atoms in total. The molecular weight excluding hydrogens is 493 g/mol. The zero-order chi connectivity index (χ0) is 26.4. The van der Waals surface area contributed by atoms with Crippen LogP contribution in [0.2, 0.25) is 5.76 Å². The van der Waals surface area contributed by atoms with Crippen LogP contribution < -0.4 is 0 Å². The summed E-state index contributed by atoms with van der Waals surface area (Å²) in [6, 6.07) is 11.8. The van der Waals surface area contributed by atoms with Gasteiger partial charge in [0.15, 0.2) is 0 Å². The molecule has 0 aliphatic heterocycles. The van der Waals surface area contributed by atoms with Crippen molar-refractivity contribution in [3.05, 3.63) is 103 Å². The first-order chi connectivity index (χ1) is 16.2. The molecule has 3 aromatic carbocycles. The Balaban J connectivity index is 2.37. The van der Waals surface area contributed by atoms with Crippen molar-refractivity contribution in [2.24, 2.45) is 0 Å². The number of hydrogen-bond donors (Lipinski definition) is 0. The topological polar surface area (TPSA) is 51.2 Å². The van der Waals surface area contributed by atoms with E-state index < -0.39 is 13.3 Å². The third-order valence-electron chi connectivity index (χ3n) is 7.07. The van der Waals surface area contributed by atoms with Crippen molar-refractivity contribution in [2.75, 3.05) is 0 Å². The molecule has 0 amide bonds. The van der Waals surface area contributed by atoms with Crippen molar-refractivity contribution >= 4 is 27.1 Å². The Hall–Kier alpha value is -2.79. The molecule has 0 N–H and O–H groups in total. The van der Waals surface area contributed by atoms with Crippen LogP contribution in [0.4, 0.5) is 0 Å². The van der Waals surface area contributed by atoms with Gasteiger partial charge in [0, 0.05) is 0 Å². The Morgan fingerprint density at radius 2 is 0.600 bits per heavy atom. The fourth-order valence-corrected chi connectivity index (χ4v) is 12.6. The standard InChI is InChI=1S/C31H36GeO3/c1-17-11-20(4)26(21(5)12-17)29(33)32(10,30(34)27-22(6)13-18(2)14-23(27)7)31(35)28-24(8)15-19(3)16-25(28)9/h11-16H,1-10H3. The van der Waals surface area contributed by atoms with Crippen molar-refractivity contribution in [2.45, 2.75) is 68.1 Å². The molecule has 0 fully saturated rings. The Kier molecular flexibility index (Phi) is 7.43. The Bertz CT molecular complexity index is 1160. The maximum absolute atomic E-state index is 14.5. The fraction of sp³-hybridized carbons (Fsp3) is 0.323. The molecule has 3 rings (SSSR count). The van der Waals surface area contributed by atoms with E-state index in [1.54, 1.807) is 5.76 Å². The second-order valence-electron chi connectivity index (χ2n) is 10.4. The van der Waals surface area contributed by atoms with E-state index in [-0.39, 0.29) is 13.8 Å². The van der Waals surface area contributed by atoms with Crippen molar-refractivity contribution in [3.63, 3.8) is 0 Å². The van der Waals surface area contributed by atoms with Crippen LogP contribution in [0, 0.1) is 62.3 Å². The van der Waals surface area contributed by atoms with Crippen LogP contribution in [-0.2, 0) is 0 Å². The average molecular weight is 529 g/mol. The van der Waals surface area contributed by atoms with E-state index in [0.29, 0.717) is 16.7 Å². The van der Waals surface area contributed by atoms with Crippen LogP contribution in [-0.4, -0.2) is 27.1 Å². The maximum atomic E-state index is 14.5. The molecular formula is C31H36GeO3. The van der Waals surface area contributed by atoms with Gasteiger partial charge in [-0.25, -0.2) is 0 Å². The number of carbonyl (C=O) groups is 3. The van der Waals surface area contributed by atoms with Crippen molar-refractivity contribution in [3.8, 4) is 0 Å². The molecule has 0 aromatic heterocycles. The summed E-state index contributed by atoms with van der Waals surface area (Å²) >= 11 is -4.65. The molecule has 0 spiro atoms. The second kappa shape index (κ2) is 9.69. The molecule has 0 atom stereocenters. The third kappa shape index (κ3) is 4.71. The molecule has 0 radical (unpaired) electrons. The van der Waals surface area contributed by atoms with Gasteiger partial charge in [-0.3, -0.25) is 0 Å². The summed E-state index contributed by atoms with van der Waals surface area (Å²) in [7, 11) is 0. The van der Waals surface area contributed by atoms with Gasteiger partial charge in [0.2, 0.25) is 0 Å². The average Bonchev–Trinajstić information content (AvgIpc) is 2.70. The van der Waals surface area contributed by atoms with Crippen LogP contribution in [0.5, 0.6) is 0 Å². The summed E-state index contributed by atoms with van der Waals surface area (Å²) in [5.41, 5.74) is 9.67. The van der Waals surface area contributed by atoms with E-state index in [9.17, 15) is 14.4 Å². The number of hydrogen-bond acceptors (Lipinski definition) is 3. The van der Waals surface area contributed by atoms with E-state index in [0.717, 1.165) is 50.1 Å². The minimum absolute atomic E-state index is 0.256. The summed E-state index contributed by atoms with van der Waals surface area (Å²) in [6.07, 6.45) is 0. The summed E-state index contributed by atoms with van der Waals surface area (Å²) < 4.78 is -0.767.